The summed E-state index contributed by atoms with van der Waals surface area (Å²) in [6, 6.07) is 3.32. The minimum atomic E-state index is -1.24. The SMILES string of the molecule is O=C(O)c1ccc(O)cc1OO. The van der Waals surface area contributed by atoms with Gasteiger partial charge in [-0.25, -0.2) is 10.1 Å². The molecule has 3 N–H and O–H groups in total. The zero-order valence-corrected chi connectivity index (χ0v) is 5.89. The second-order valence-corrected chi connectivity index (χ2v) is 2.08. The Hall–Kier alpha value is -1.75. The summed E-state index contributed by atoms with van der Waals surface area (Å²) in [7, 11) is 0. The van der Waals surface area contributed by atoms with Gasteiger partial charge in [0, 0.05) is 6.07 Å². The number of carbonyl (C=O) groups is 1. The van der Waals surface area contributed by atoms with Crippen molar-refractivity contribution in [3.63, 3.8) is 0 Å². The lowest BCUT2D eigenvalue weighted by atomic mass is 10.2. The van der Waals surface area contributed by atoms with Crippen LogP contribution in [0, 0.1) is 0 Å². The minimum absolute atomic E-state index is 0.177. The molecular weight excluding hydrogens is 164 g/mol. The molecule has 0 aliphatic heterocycles. The monoisotopic (exact) mass is 170 g/mol. The van der Waals surface area contributed by atoms with E-state index in [2.05, 4.69) is 4.89 Å². The van der Waals surface area contributed by atoms with E-state index >= 15 is 0 Å². The Morgan fingerprint density at radius 1 is 1.42 bits per heavy atom. The van der Waals surface area contributed by atoms with Crippen LogP contribution in [-0.4, -0.2) is 21.4 Å². The van der Waals surface area contributed by atoms with Gasteiger partial charge in [-0.15, -0.1) is 0 Å². The lowest BCUT2D eigenvalue weighted by molar-refractivity contribution is -0.138. The third kappa shape index (κ3) is 1.46. The molecule has 0 aliphatic rings. The fourth-order valence-corrected chi connectivity index (χ4v) is 0.763. The van der Waals surface area contributed by atoms with Crippen LogP contribution < -0.4 is 4.89 Å². The van der Waals surface area contributed by atoms with Crippen molar-refractivity contribution in [1.29, 1.82) is 0 Å². The first kappa shape index (κ1) is 8.35. The summed E-state index contributed by atoms with van der Waals surface area (Å²) in [5.41, 5.74) is -0.213. The summed E-state index contributed by atoms with van der Waals surface area (Å²) < 4.78 is 0. The predicted octanol–water partition coefficient (Wildman–Crippen LogP) is 0.942. The standard InChI is InChI=1S/C7H6O5/c8-4-1-2-5(7(9)10)6(3-4)12-11/h1-3,8,11H,(H,9,10). The fourth-order valence-electron chi connectivity index (χ4n) is 0.763. The molecular formula is C7H6O5. The van der Waals surface area contributed by atoms with Gasteiger partial charge in [-0.1, -0.05) is 0 Å². The number of aromatic carboxylic acids is 1. The second-order valence-electron chi connectivity index (χ2n) is 2.08. The number of hydrogen-bond acceptors (Lipinski definition) is 4. The highest BCUT2D eigenvalue weighted by Crippen LogP contribution is 2.23. The van der Waals surface area contributed by atoms with Gasteiger partial charge in [0.05, 0.1) is 0 Å². The lowest BCUT2D eigenvalue weighted by Gasteiger charge is -2.01. The summed E-state index contributed by atoms with van der Waals surface area (Å²) >= 11 is 0. The summed E-state index contributed by atoms with van der Waals surface area (Å²) in [6.45, 7) is 0. The molecule has 0 atom stereocenters. The molecule has 0 aromatic heterocycles. The van der Waals surface area contributed by atoms with E-state index in [0.29, 0.717) is 0 Å². The van der Waals surface area contributed by atoms with Gasteiger partial charge in [-0.05, 0) is 12.1 Å². The molecule has 5 nitrogen and oxygen atoms in total. The molecule has 0 heterocycles. The lowest BCUT2D eigenvalue weighted by Crippen LogP contribution is -1.99. The highest BCUT2D eigenvalue weighted by Gasteiger charge is 2.11. The molecule has 12 heavy (non-hydrogen) atoms. The van der Waals surface area contributed by atoms with Gasteiger partial charge in [0.2, 0.25) is 0 Å². The van der Waals surface area contributed by atoms with E-state index in [4.69, 9.17) is 15.5 Å². The largest absolute Gasteiger partial charge is 0.508 e. The maximum atomic E-state index is 10.4. The van der Waals surface area contributed by atoms with Crippen LogP contribution in [0.25, 0.3) is 0 Å². The molecule has 0 spiro atoms. The van der Waals surface area contributed by atoms with E-state index in [0.717, 1.165) is 12.1 Å². The van der Waals surface area contributed by atoms with Crippen LogP contribution in [0.15, 0.2) is 18.2 Å². The smallest absolute Gasteiger partial charge is 0.339 e. The second kappa shape index (κ2) is 3.10. The Bertz CT molecular complexity index is 307. The zero-order valence-electron chi connectivity index (χ0n) is 5.89. The molecule has 1 rings (SSSR count). The summed E-state index contributed by atoms with van der Waals surface area (Å²) in [6.07, 6.45) is 0. The molecule has 1 aromatic carbocycles. The van der Waals surface area contributed by atoms with Crippen molar-refractivity contribution in [1.82, 2.24) is 0 Å². The number of carboxylic acid groups (broad SMARTS) is 1. The number of benzene rings is 1. The molecule has 0 saturated heterocycles. The van der Waals surface area contributed by atoms with E-state index in [1.54, 1.807) is 0 Å². The third-order valence-electron chi connectivity index (χ3n) is 1.29. The number of phenols is 1. The Labute approximate surface area is 67.4 Å². The van der Waals surface area contributed by atoms with E-state index in [1.165, 1.54) is 6.07 Å². The normalized spacial score (nSPS) is 9.42. The molecule has 0 amide bonds. The number of carboxylic acids is 1. The molecule has 0 aliphatic carbocycles. The zero-order chi connectivity index (χ0) is 9.14. The summed E-state index contributed by atoms with van der Waals surface area (Å²) in [4.78, 5) is 14.2. The van der Waals surface area contributed by atoms with Crippen molar-refractivity contribution in [2.24, 2.45) is 0 Å². The van der Waals surface area contributed by atoms with Gasteiger partial charge in [0.15, 0.2) is 5.75 Å². The van der Waals surface area contributed by atoms with Crippen LogP contribution in [-0.2, 0) is 0 Å². The number of aromatic hydroxyl groups is 1. The molecule has 0 radical (unpaired) electrons. The Morgan fingerprint density at radius 2 is 2.08 bits per heavy atom. The number of phenolic OH excluding ortho intramolecular Hbond substituents is 1. The van der Waals surface area contributed by atoms with Crippen LogP contribution in [0.4, 0.5) is 0 Å². The van der Waals surface area contributed by atoms with Gasteiger partial charge in [-0.3, -0.25) is 0 Å². The third-order valence-corrected chi connectivity index (χ3v) is 1.29. The van der Waals surface area contributed by atoms with Crippen molar-refractivity contribution in [2.75, 3.05) is 0 Å². The van der Waals surface area contributed by atoms with Crippen molar-refractivity contribution in [3.8, 4) is 11.5 Å². The highest BCUT2D eigenvalue weighted by molar-refractivity contribution is 5.91. The average molecular weight is 170 g/mol. The first-order chi connectivity index (χ1) is 5.65. The fraction of sp³-hybridized carbons (Fsp3) is 0. The molecule has 64 valence electrons. The number of hydrogen-bond donors (Lipinski definition) is 3. The molecule has 0 unspecified atom stereocenters. The Kier molecular flexibility index (Phi) is 2.16. The average Bonchev–Trinajstić information content (AvgIpc) is 2.03. The maximum Gasteiger partial charge on any atom is 0.339 e. The van der Waals surface area contributed by atoms with Gasteiger partial charge >= 0.3 is 5.97 Å². The van der Waals surface area contributed by atoms with Crippen LogP contribution in [0.1, 0.15) is 10.4 Å². The van der Waals surface area contributed by atoms with Gasteiger partial charge in [0.25, 0.3) is 0 Å². The summed E-state index contributed by atoms with van der Waals surface area (Å²) in [5.74, 6) is -1.70. The molecule has 5 heteroatoms. The van der Waals surface area contributed by atoms with Gasteiger partial charge in [0.1, 0.15) is 11.3 Å². The first-order valence-corrected chi connectivity index (χ1v) is 3.03. The predicted molar refractivity (Wildman–Crippen MR) is 38.3 cm³/mol. The first-order valence-electron chi connectivity index (χ1n) is 3.03. The van der Waals surface area contributed by atoms with E-state index in [-0.39, 0.29) is 17.1 Å². The van der Waals surface area contributed by atoms with Crippen LogP contribution in [0.5, 0.6) is 11.5 Å². The molecule has 0 bridgehead atoms. The van der Waals surface area contributed by atoms with Crippen LogP contribution >= 0.6 is 0 Å². The summed E-state index contributed by atoms with van der Waals surface area (Å²) in [5, 5.41) is 25.6. The quantitative estimate of drug-likeness (QED) is 0.454. The van der Waals surface area contributed by atoms with E-state index in [9.17, 15) is 4.79 Å². The maximum absolute atomic E-state index is 10.4. The van der Waals surface area contributed by atoms with Crippen LogP contribution in [0.3, 0.4) is 0 Å². The molecule has 1 aromatic rings. The molecule has 0 fully saturated rings. The minimum Gasteiger partial charge on any atom is -0.508 e. The van der Waals surface area contributed by atoms with E-state index in [1.807, 2.05) is 0 Å². The Morgan fingerprint density at radius 3 is 2.58 bits per heavy atom. The number of rotatable bonds is 2. The van der Waals surface area contributed by atoms with Crippen molar-refractivity contribution in [3.05, 3.63) is 23.8 Å². The van der Waals surface area contributed by atoms with Crippen molar-refractivity contribution < 1.29 is 25.2 Å². The van der Waals surface area contributed by atoms with Crippen molar-refractivity contribution >= 4 is 5.97 Å². The van der Waals surface area contributed by atoms with Crippen molar-refractivity contribution in [2.45, 2.75) is 0 Å². The van der Waals surface area contributed by atoms with Gasteiger partial charge < -0.3 is 15.1 Å². The van der Waals surface area contributed by atoms with Crippen LogP contribution in [0.2, 0.25) is 0 Å². The topological polar surface area (TPSA) is 87.0 Å². The Balaban J connectivity index is 3.20. The highest BCUT2D eigenvalue weighted by atomic mass is 17.1. The molecule has 0 saturated carbocycles. The van der Waals surface area contributed by atoms with E-state index < -0.39 is 5.97 Å². The van der Waals surface area contributed by atoms with Gasteiger partial charge in [-0.2, -0.15) is 0 Å².